The molecule has 1 aliphatic rings. The van der Waals surface area contributed by atoms with E-state index in [1.165, 1.54) is 29.7 Å². The number of thiophene rings is 1. The van der Waals surface area contributed by atoms with Gasteiger partial charge in [-0.1, -0.05) is 19.1 Å². The standard InChI is InChI=1S/C30H28N4O4S3/c1-3-34-17-16-23-26(18-34)40-30(27(23)29-31-24-6-4-5-7-25(24)39-29)32-28(35)19-8-10-20(11-9-19)33-41(36,37)22-14-12-21(38-2)13-15-22/h4-15,33H,3,16-18H2,1-2H3,(H,32,35). The highest BCUT2D eigenvalue weighted by Gasteiger charge is 2.27. The molecule has 2 N–H and O–H groups in total. The van der Waals surface area contributed by atoms with Crippen LogP contribution < -0.4 is 14.8 Å². The molecular formula is C30H28N4O4S3. The molecule has 1 amide bonds. The van der Waals surface area contributed by atoms with Crippen LogP contribution in [0, 0.1) is 0 Å². The lowest BCUT2D eigenvalue weighted by atomic mass is 10.0. The first-order valence-corrected chi connectivity index (χ1v) is 16.3. The lowest BCUT2D eigenvalue weighted by Gasteiger charge is -2.25. The van der Waals surface area contributed by atoms with Crippen LogP contribution in [0.4, 0.5) is 10.7 Å². The van der Waals surface area contributed by atoms with Crippen molar-refractivity contribution in [2.45, 2.75) is 24.8 Å². The number of methoxy groups -OCH3 is 1. The van der Waals surface area contributed by atoms with E-state index in [2.05, 4.69) is 27.9 Å². The highest BCUT2D eigenvalue weighted by atomic mass is 32.2. The molecule has 0 unspecified atom stereocenters. The molecule has 0 atom stereocenters. The number of carbonyl (C=O) groups is 1. The van der Waals surface area contributed by atoms with Gasteiger partial charge in [0.05, 0.1) is 22.2 Å². The maximum Gasteiger partial charge on any atom is 0.261 e. The average molecular weight is 605 g/mol. The van der Waals surface area contributed by atoms with Crippen LogP contribution >= 0.6 is 22.7 Å². The van der Waals surface area contributed by atoms with E-state index >= 15 is 0 Å². The lowest BCUT2D eigenvalue weighted by Crippen LogP contribution is -2.29. The van der Waals surface area contributed by atoms with Gasteiger partial charge in [0, 0.05) is 34.8 Å². The Morgan fingerprint density at radius 2 is 1.78 bits per heavy atom. The van der Waals surface area contributed by atoms with E-state index < -0.39 is 10.0 Å². The monoisotopic (exact) mass is 604 g/mol. The predicted octanol–water partition coefficient (Wildman–Crippen LogP) is 6.46. The van der Waals surface area contributed by atoms with E-state index in [4.69, 9.17) is 9.72 Å². The summed E-state index contributed by atoms with van der Waals surface area (Å²) in [6, 6.07) is 20.6. The third kappa shape index (κ3) is 5.58. The molecule has 3 heterocycles. The highest BCUT2D eigenvalue weighted by molar-refractivity contribution is 7.92. The molecule has 0 saturated carbocycles. The molecule has 2 aromatic heterocycles. The fraction of sp³-hybridized carbons (Fsp3) is 0.200. The Balaban J connectivity index is 1.25. The summed E-state index contributed by atoms with van der Waals surface area (Å²) < 4.78 is 34.4. The number of benzene rings is 3. The van der Waals surface area contributed by atoms with Crippen LogP contribution in [0.1, 0.15) is 27.7 Å². The SMILES string of the molecule is CCN1CCc2c(sc(NC(=O)c3ccc(NS(=O)(=O)c4ccc(OC)cc4)cc3)c2-c2nc3ccccc3s2)C1. The zero-order chi connectivity index (χ0) is 28.6. The van der Waals surface area contributed by atoms with Crippen LogP contribution in [0.2, 0.25) is 0 Å². The van der Waals surface area contributed by atoms with Crippen LogP contribution in [0.5, 0.6) is 5.75 Å². The second kappa shape index (κ2) is 11.2. The van der Waals surface area contributed by atoms with Crippen molar-refractivity contribution in [3.63, 3.8) is 0 Å². The van der Waals surface area contributed by atoms with Gasteiger partial charge >= 0.3 is 0 Å². The number of hydrogen-bond acceptors (Lipinski definition) is 8. The number of amides is 1. The van der Waals surface area contributed by atoms with Crippen molar-refractivity contribution in [2.24, 2.45) is 0 Å². The normalized spacial score (nSPS) is 13.6. The summed E-state index contributed by atoms with van der Waals surface area (Å²) in [6.07, 6.45) is 0.907. The number of carbonyl (C=O) groups excluding carboxylic acids is 1. The van der Waals surface area contributed by atoms with Crippen molar-refractivity contribution in [1.29, 1.82) is 0 Å². The molecule has 1 aliphatic heterocycles. The van der Waals surface area contributed by atoms with E-state index in [1.54, 1.807) is 59.1 Å². The van der Waals surface area contributed by atoms with Gasteiger partial charge < -0.3 is 10.1 Å². The first kappa shape index (κ1) is 27.4. The summed E-state index contributed by atoms with van der Waals surface area (Å²) >= 11 is 3.25. The Labute approximate surface area is 246 Å². The summed E-state index contributed by atoms with van der Waals surface area (Å²) in [5, 5.41) is 4.84. The molecule has 0 radical (unpaired) electrons. The summed E-state index contributed by atoms with van der Waals surface area (Å²) in [6.45, 7) is 4.97. The first-order chi connectivity index (χ1) is 19.8. The number of fused-ring (bicyclic) bond motifs is 2. The third-order valence-corrected chi connectivity index (χ3v) is 10.7. The Morgan fingerprint density at radius 3 is 2.49 bits per heavy atom. The summed E-state index contributed by atoms with van der Waals surface area (Å²) in [5.74, 6) is 0.308. The summed E-state index contributed by atoms with van der Waals surface area (Å²) in [7, 11) is -2.27. The smallest absolute Gasteiger partial charge is 0.261 e. The maximum absolute atomic E-state index is 13.4. The third-order valence-electron chi connectivity index (χ3n) is 7.09. The molecule has 11 heteroatoms. The minimum Gasteiger partial charge on any atom is -0.497 e. The van der Waals surface area contributed by atoms with Crippen molar-refractivity contribution in [2.75, 3.05) is 30.2 Å². The van der Waals surface area contributed by atoms with Gasteiger partial charge in [-0.2, -0.15) is 0 Å². The number of anilines is 2. The lowest BCUT2D eigenvalue weighted by molar-refractivity contribution is 0.102. The minimum atomic E-state index is -3.79. The van der Waals surface area contributed by atoms with Crippen molar-refractivity contribution in [3.05, 3.63) is 88.8 Å². The number of thiazole rings is 1. The molecule has 0 saturated heterocycles. The number of ether oxygens (including phenoxy) is 1. The minimum absolute atomic E-state index is 0.116. The highest BCUT2D eigenvalue weighted by Crippen LogP contribution is 2.45. The fourth-order valence-corrected chi connectivity index (χ4v) is 8.31. The second-order valence-electron chi connectivity index (χ2n) is 9.63. The molecular weight excluding hydrogens is 577 g/mol. The quantitative estimate of drug-likeness (QED) is 0.211. The topological polar surface area (TPSA) is 101 Å². The number of nitrogens with zero attached hydrogens (tertiary/aromatic N) is 2. The van der Waals surface area contributed by atoms with Gasteiger partial charge in [-0.3, -0.25) is 14.4 Å². The molecule has 0 fully saturated rings. The van der Waals surface area contributed by atoms with Gasteiger partial charge in [-0.05, 0) is 79.2 Å². The van der Waals surface area contributed by atoms with E-state index in [-0.39, 0.29) is 10.8 Å². The van der Waals surface area contributed by atoms with Crippen LogP contribution in [-0.2, 0) is 23.0 Å². The maximum atomic E-state index is 13.4. The van der Waals surface area contributed by atoms with E-state index in [0.717, 1.165) is 51.8 Å². The van der Waals surface area contributed by atoms with Gasteiger partial charge in [0.15, 0.2) is 0 Å². The Morgan fingerprint density at radius 1 is 1.02 bits per heavy atom. The van der Waals surface area contributed by atoms with Gasteiger partial charge in [0.2, 0.25) is 0 Å². The first-order valence-electron chi connectivity index (χ1n) is 13.2. The molecule has 41 heavy (non-hydrogen) atoms. The van der Waals surface area contributed by atoms with Crippen molar-refractivity contribution in [1.82, 2.24) is 9.88 Å². The second-order valence-corrected chi connectivity index (χ2v) is 13.4. The van der Waals surface area contributed by atoms with Crippen molar-refractivity contribution >= 4 is 59.5 Å². The van der Waals surface area contributed by atoms with Gasteiger partial charge in [0.25, 0.3) is 15.9 Å². The molecule has 3 aromatic carbocycles. The fourth-order valence-electron chi connectivity index (χ4n) is 4.85. The van der Waals surface area contributed by atoms with Crippen LogP contribution in [-0.4, -0.2) is 44.4 Å². The molecule has 0 bridgehead atoms. The number of aromatic nitrogens is 1. The van der Waals surface area contributed by atoms with E-state index in [0.29, 0.717) is 17.0 Å². The van der Waals surface area contributed by atoms with Crippen molar-refractivity contribution < 1.29 is 17.9 Å². The molecule has 210 valence electrons. The Kier molecular flexibility index (Phi) is 7.52. The molecule has 0 aliphatic carbocycles. The molecule has 5 aromatic rings. The van der Waals surface area contributed by atoms with E-state index in [9.17, 15) is 13.2 Å². The summed E-state index contributed by atoms with van der Waals surface area (Å²) in [4.78, 5) is 22.1. The van der Waals surface area contributed by atoms with E-state index in [1.807, 2.05) is 18.2 Å². The average Bonchev–Trinajstić information content (AvgIpc) is 3.57. The Bertz CT molecular complexity index is 1800. The van der Waals surface area contributed by atoms with Gasteiger partial charge in [-0.15, -0.1) is 22.7 Å². The number of rotatable bonds is 8. The number of sulfonamides is 1. The number of hydrogen-bond donors (Lipinski definition) is 2. The van der Waals surface area contributed by atoms with Gasteiger partial charge in [0.1, 0.15) is 15.8 Å². The zero-order valence-electron chi connectivity index (χ0n) is 22.5. The molecule has 6 rings (SSSR count). The predicted molar refractivity (Wildman–Crippen MR) is 166 cm³/mol. The van der Waals surface area contributed by atoms with Crippen molar-refractivity contribution in [3.8, 4) is 16.3 Å². The van der Waals surface area contributed by atoms with Gasteiger partial charge in [-0.25, -0.2) is 13.4 Å². The molecule has 0 spiro atoms. The molecule has 8 nitrogen and oxygen atoms in total. The number of nitrogens with one attached hydrogen (secondary N) is 2. The van der Waals surface area contributed by atoms with Crippen LogP contribution in [0.15, 0.2) is 77.7 Å². The number of para-hydroxylation sites is 1. The van der Waals surface area contributed by atoms with Crippen LogP contribution in [0.3, 0.4) is 0 Å². The van der Waals surface area contributed by atoms with Crippen LogP contribution in [0.25, 0.3) is 20.8 Å². The largest absolute Gasteiger partial charge is 0.497 e. The number of likely N-dealkylation sites (N-methyl/N-ethyl adjacent to an activating group) is 1. The zero-order valence-corrected chi connectivity index (χ0v) is 25.0. The summed E-state index contributed by atoms with van der Waals surface area (Å²) in [5.41, 5.74) is 4.01. The Hall–Kier alpha value is -3.77.